The molecule has 0 spiro atoms. The van der Waals surface area contributed by atoms with Crippen LogP contribution in [0.3, 0.4) is 0 Å². The summed E-state index contributed by atoms with van der Waals surface area (Å²) in [6, 6.07) is 7.26. The van der Waals surface area contributed by atoms with Crippen LogP contribution in [-0.2, 0) is 16.6 Å². The Morgan fingerprint density at radius 2 is 2.30 bits per heavy atom. The molecule has 0 saturated heterocycles. The first-order valence-electron chi connectivity index (χ1n) is 6.24. The van der Waals surface area contributed by atoms with Crippen LogP contribution in [0.2, 0.25) is 5.02 Å². The summed E-state index contributed by atoms with van der Waals surface area (Å²) in [6.45, 7) is 2.09. The van der Waals surface area contributed by atoms with Gasteiger partial charge < -0.3 is 9.30 Å². The van der Waals surface area contributed by atoms with Gasteiger partial charge >= 0.3 is 5.97 Å². The fourth-order valence-electron chi connectivity index (χ4n) is 1.81. The second kappa shape index (κ2) is 6.39. The standard InChI is InChI=1S/C15H15ClN2O2/c1-3-20-15(19)13(14-17-7-8-18(14)2)10-11-5-4-6-12(16)9-11/h4-10H,3H2,1-2H3. The van der Waals surface area contributed by atoms with Gasteiger partial charge in [-0.1, -0.05) is 23.7 Å². The summed E-state index contributed by atoms with van der Waals surface area (Å²) in [5.41, 5.74) is 1.23. The summed E-state index contributed by atoms with van der Waals surface area (Å²) in [5, 5.41) is 0.613. The lowest BCUT2D eigenvalue weighted by Gasteiger charge is -2.07. The van der Waals surface area contributed by atoms with Crippen LogP contribution in [0.25, 0.3) is 11.6 Å². The molecule has 0 unspecified atom stereocenters. The summed E-state index contributed by atoms with van der Waals surface area (Å²) >= 11 is 5.96. The van der Waals surface area contributed by atoms with E-state index in [0.717, 1.165) is 5.56 Å². The number of aromatic nitrogens is 2. The van der Waals surface area contributed by atoms with E-state index in [1.165, 1.54) is 0 Å². The number of hydrogen-bond donors (Lipinski definition) is 0. The maximum atomic E-state index is 12.1. The lowest BCUT2D eigenvalue weighted by molar-refractivity contribution is -0.136. The van der Waals surface area contributed by atoms with Gasteiger partial charge in [0, 0.05) is 24.5 Å². The monoisotopic (exact) mass is 290 g/mol. The van der Waals surface area contributed by atoms with E-state index in [1.54, 1.807) is 42.1 Å². The number of carbonyl (C=O) groups is 1. The van der Waals surface area contributed by atoms with Gasteiger partial charge in [-0.25, -0.2) is 9.78 Å². The molecule has 104 valence electrons. The van der Waals surface area contributed by atoms with Crippen molar-refractivity contribution in [1.82, 2.24) is 9.55 Å². The molecule has 5 heteroatoms. The first-order valence-corrected chi connectivity index (χ1v) is 6.61. The van der Waals surface area contributed by atoms with E-state index in [2.05, 4.69) is 4.98 Å². The van der Waals surface area contributed by atoms with E-state index in [0.29, 0.717) is 23.0 Å². The smallest absolute Gasteiger partial charge is 0.341 e. The van der Waals surface area contributed by atoms with Gasteiger partial charge in [0.25, 0.3) is 0 Å². The van der Waals surface area contributed by atoms with Crippen LogP contribution in [0.5, 0.6) is 0 Å². The van der Waals surface area contributed by atoms with Crippen molar-refractivity contribution in [3.8, 4) is 0 Å². The topological polar surface area (TPSA) is 44.1 Å². The summed E-state index contributed by atoms with van der Waals surface area (Å²) in [5.74, 6) is 0.158. The molecule has 0 radical (unpaired) electrons. The summed E-state index contributed by atoms with van der Waals surface area (Å²) < 4.78 is 6.86. The van der Waals surface area contributed by atoms with Gasteiger partial charge in [-0.15, -0.1) is 0 Å². The normalized spacial score (nSPS) is 11.4. The van der Waals surface area contributed by atoms with Gasteiger partial charge in [-0.3, -0.25) is 0 Å². The average Bonchev–Trinajstić information content (AvgIpc) is 2.82. The number of halogens is 1. The highest BCUT2D eigenvalue weighted by atomic mass is 35.5. The first kappa shape index (κ1) is 14.3. The Morgan fingerprint density at radius 1 is 1.50 bits per heavy atom. The van der Waals surface area contributed by atoms with E-state index in [4.69, 9.17) is 16.3 Å². The third-order valence-electron chi connectivity index (χ3n) is 2.72. The number of hydrogen-bond acceptors (Lipinski definition) is 3. The zero-order valence-corrected chi connectivity index (χ0v) is 12.1. The van der Waals surface area contributed by atoms with Gasteiger partial charge in [-0.2, -0.15) is 0 Å². The molecule has 0 fully saturated rings. The minimum atomic E-state index is -0.401. The fourth-order valence-corrected chi connectivity index (χ4v) is 2.01. The zero-order chi connectivity index (χ0) is 14.5. The highest BCUT2D eigenvalue weighted by Crippen LogP contribution is 2.20. The molecule has 0 bridgehead atoms. The van der Waals surface area contributed by atoms with Crippen LogP contribution in [-0.4, -0.2) is 22.1 Å². The van der Waals surface area contributed by atoms with Crippen LogP contribution in [0, 0.1) is 0 Å². The molecule has 1 aromatic heterocycles. The molecule has 0 aliphatic carbocycles. The molecule has 1 aromatic carbocycles. The van der Waals surface area contributed by atoms with Crippen molar-refractivity contribution in [3.05, 3.63) is 53.1 Å². The number of imidazole rings is 1. The van der Waals surface area contributed by atoms with E-state index in [-0.39, 0.29) is 0 Å². The molecular weight excluding hydrogens is 276 g/mol. The van der Waals surface area contributed by atoms with Gasteiger partial charge in [-0.05, 0) is 30.7 Å². The van der Waals surface area contributed by atoms with Crippen molar-refractivity contribution in [2.75, 3.05) is 6.61 Å². The maximum Gasteiger partial charge on any atom is 0.341 e. The van der Waals surface area contributed by atoms with Crippen molar-refractivity contribution in [1.29, 1.82) is 0 Å². The van der Waals surface area contributed by atoms with Crippen molar-refractivity contribution < 1.29 is 9.53 Å². The molecule has 1 heterocycles. The molecule has 2 aromatic rings. The number of esters is 1. The third-order valence-corrected chi connectivity index (χ3v) is 2.95. The molecule has 0 saturated carbocycles. The number of rotatable bonds is 4. The lowest BCUT2D eigenvalue weighted by atomic mass is 10.1. The zero-order valence-electron chi connectivity index (χ0n) is 11.3. The quantitative estimate of drug-likeness (QED) is 0.642. The fraction of sp³-hybridized carbons (Fsp3) is 0.200. The van der Waals surface area contributed by atoms with Crippen molar-refractivity contribution in [2.24, 2.45) is 7.05 Å². The molecule has 0 aliphatic rings. The number of aryl methyl sites for hydroxylation is 1. The number of benzene rings is 1. The van der Waals surface area contributed by atoms with Gasteiger partial charge in [0.05, 0.1) is 6.61 Å². The Bertz CT molecular complexity index is 647. The third kappa shape index (κ3) is 3.27. The van der Waals surface area contributed by atoms with Crippen molar-refractivity contribution >= 4 is 29.2 Å². The minimum absolute atomic E-state index is 0.316. The minimum Gasteiger partial charge on any atom is -0.462 e. The lowest BCUT2D eigenvalue weighted by Crippen LogP contribution is -2.10. The van der Waals surface area contributed by atoms with Crippen molar-refractivity contribution in [2.45, 2.75) is 6.92 Å². The van der Waals surface area contributed by atoms with Gasteiger partial charge in [0.15, 0.2) is 0 Å². The second-order valence-electron chi connectivity index (χ2n) is 4.20. The Morgan fingerprint density at radius 3 is 2.90 bits per heavy atom. The highest BCUT2D eigenvalue weighted by molar-refractivity contribution is 6.30. The summed E-state index contributed by atoms with van der Waals surface area (Å²) in [7, 11) is 1.83. The molecule has 0 N–H and O–H groups in total. The van der Waals surface area contributed by atoms with Crippen molar-refractivity contribution in [3.63, 3.8) is 0 Å². The van der Waals surface area contributed by atoms with Gasteiger partial charge in [0.2, 0.25) is 0 Å². The number of ether oxygens (including phenoxy) is 1. The Hall–Kier alpha value is -2.07. The SMILES string of the molecule is CCOC(=O)C(=Cc1cccc(Cl)c1)c1nccn1C. The average molecular weight is 291 g/mol. The van der Waals surface area contributed by atoms with E-state index < -0.39 is 5.97 Å². The number of nitrogens with zero attached hydrogens (tertiary/aromatic N) is 2. The highest BCUT2D eigenvalue weighted by Gasteiger charge is 2.17. The summed E-state index contributed by atoms with van der Waals surface area (Å²) in [6.07, 6.45) is 5.15. The van der Waals surface area contributed by atoms with Gasteiger partial charge in [0.1, 0.15) is 11.4 Å². The summed E-state index contributed by atoms with van der Waals surface area (Å²) in [4.78, 5) is 16.3. The van der Waals surface area contributed by atoms with E-state index in [1.807, 2.05) is 19.2 Å². The molecule has 4 nitrogen and oxygen atoms in total. The molecule has 0 atom stereocenters. The van der Waals surface area contributed by atoms with Crippen LogP contribution < -0.4 is 0 Å². The van der Waals surface area contributed by atoms with E-state index in [9.17, 15) is 4.79 Å². The molecule has 0 aliphatic heterocycles. The predicted octanol–water partition coefficient (Wildman–Crippen LogP) is 3.18. The Balaban J connectivity index is 2.46. The second-order valence-corrected chi connectivity index (χ2v) is 4.63. The first-order chi connectivity index (χ1) is 9.61. The molecular formula is C15H15ClN2O2. The number of carbonyl (C=O) groups excluding carboxylic acids is 1. The molecule has 20 heavy (non-hydrogen) atoms. The van der Waals surface area contributed by atoms with Crippen LogP contribution in [0.15, 0.2) is 36.7 Å². The predicted molar refractivity (Wildman–Crippen MR) is 79.2 cm³/mol. The van der Waals surface area contributed by atoms with Crippen LogP contribution >= 0.6 is 11.6 Å². The molecule has 2 rings (SSSR count). The maximum absolute atomic E-state index is 12.1. The van der Waals surface area contributed by atoms with E-state index >= 15 is 0 Å². The molecule has 0 amide bonds. The Labute approximate surface area is 122 Å². The van der Waals surface area contributed by atoms with Crippen LogP contribution in [0.1, 0.15) is 18.3 Å². The van der Waals surface area contributed by atoms with Crippen LogP contribution in [0.4, 0.5) is 0 Å². The largest absolute Gasteiger partial charge is 0.462 e. The Kier molecular flexibility index (Phi) is 4.58.